The quantitative estimate of drug-likeness (QED) is 0.928. The van der Waals surface area contributed by atoms with E-state index < -0.39 is 10.0 Å². The van der Waals surface area contributed by atoms with Gasteiger partial charge < -0.3 is 0 Å². The lowest BCUT2D eigenvalue weighted by Gasteiger charge is -2.10. The van der Waals surface area contributed by atoms with Crippen LogP contribution < -0.4 is 4.72 Å². The van der Waals surface area contributed by atoms with Crippen LogP contribution in [-0.4, -0.2) is 14.2 Å². The predicted octanol–water partition coefficient (Wildman–Crippen LogP) is 3.22. The first-order valence-electron chi connectivity index (χ1n) is 5.13. The second kappa shape index (κ2) is 5.19. The molecule has 0 aliphatic heterocycles. The fourth-order valence-electron chi connectivity index (χ4n) is 1.50. The highest BCUT2D eigenvalue weighted by Crippen LogP contribution is 2.25. The van der Waals surface area contributed by atoms with E-state index in [2.05, 4.69) is 20.7 Å². The third-order valence-corrected chi connectivity index (χ3v) is 4.93. The molecule has 90 valence electrons. The van der Waals surface area contributed by atoms with Crippen molar-refractivity contribution >= 4 is 31.6 Å². The molecule has 1 N–H and O–H groups in total. The summed E-state index contributed by atoms with van der Waals surface area (Å²) in [5.74, 6) is 0.154. The van der Waals surface area contributed by atoms with Crippen LogP contribution in [0.3, 0.4) is 0 Å². The molecule has 0 spiro atoms. The van der Waals surface area contributed by atoms with E-state index in [1.165, 1.54) is 0 Å². The second-order valence-corrected chi connectivity index (χ2v) is 6.48. The van der Waals surface area contributed by atoms with Gasteiger partial charge in [0.05, 0.1) is 5.75 Å². The van der Waals surface area contributed by atoms with Crippen LogP contribution in [0.2, 0.25) is 0 Å². The van der Waals surface area contributed by atoms with E-state index in [9.17, 15) is 8.42 Å². The van der Waals surface area contributed by atoms with Gasteiger partial charge >= 0.3 is 0 Å². The van der Waals surface area contributed by atoms with Crippen molar-refractivity contribution < 1.29 is 8.42 Å². The SMILES string of the molecule is CCCS(=O)(=O)Nc1cc(C)c(Br)c(C)c1. The van der Waals surface area contributed by atoms with Gasteiger partial charge in [0.25, 0.3) is 0 Å². The number of sulfonamides is 1. The summed E-state index contributed by atoms with van der Waals surface area (Å²) in [7, 11) is -3.20. The highest BCUT2D eigenvalue weighted by Gasteiger charge is 2.10. The highest BCUT2D eigenvalue weighted by molar-refractivity contribution is 9.10. The maximum atomic E-state index is 11.6. The van der Waals surface area contributed by atoms with Crippen molar-refractivity contribution in [3.63, 3.8) is 0 Å². The first kappa shape index (κ1) is 13.5. The van der Waals surface area contributed by atoms with Crippen LogP contribution in [0.15, 0.2) is 16.6 Å². The minimum absolute atomic E-state index is 0.154. The fraction of sp³-hybridized carbons (Fsp3) is 0.455. The van der Waals surface area contributed by atoms with E-state index in [1.54, 1.807) is 0 Å². The standard InChI is InChI=1S/C11H16BrNO2S/c1-4-5-16(14,15)13-10-6-8(2)11(12)9(3)7-10/h6-7,13H,4-5H2,1-3H3. The molecule has 0 amide bonds. The Balaban J connectivity index is 2.99. The number of rotatable bonds is 4. The molecule has 1 rings (SSSR count). The Labute approximate surface area is 105 Å². The molecule has 0 fully saturated rings. The summed E-state index contributed by atoms with van der Waals surface area (Å²) < 4.78 is 26.8. The molecule has 0 aromatic heterocycles. The van der Waals surface area contributed by atoms with Gasteiger partial charge in [-0.15, -0.1) is 0 Å². The zero-order valence-electron chi connectivity index (χ0n) is 9.67. The molecule has 16 heavy (non-hydrogen) atoms. The Morgan fingerprint density at radius 2 is 1.75 bits per heavy atom. The number of hydrogen-bond donors (Lipinski definition) is 1. The van der Waals surface area contributed by atoms with Crippen LogP contribution in [0, 0.1) is 13.8 Å². The maximum absolute atomic E-state index is 11.6. The number of aryl methyl sites for hydroxylation is 2. The first-order chi connectivity index (χ1) is 7.35. The lowest BCUT2D eigenvalue weighted by Crippen LogP contribution is -2.16. The maximum Gasteiger partial charge on any atom is 0.232 e. The molecule has 0 aliphatic rings. The molecule has 0 bridgehead atoms. The third-order valence-electron chi connectivity index (χ3n) is 2.18. The molecule has 3 nitrogen and oxygen atoms in total. The number of benzene rings is 1. The second-order valence-electron chi connectivity index (χ2n) is 3.84. The number of halogens is 1. The van der Waals surface area contributed by atoms with Gasteiger partial charge in [-0.3, -0.25) is 4.72 Å². The fourth-order valence-corrected chi connectivity index (χ4v) is 2.85. The van der Waals surface area contributed by atoms with Gasteiger partial charge in [-0.2, -0.15) is 0 Å². The normalized spacial score (nSPS) is 11.5. The number of anilines is 1. The van der Waals surface area contributed by atoms with Crippen molar-refractivity contribution in [3.05, 3.63) is 27.7 Å². The average molecular weight is 306 g/mol. The topological polar surface area (TPSA) is 46.2 Å². The minimum Gasteiger partial charge on any atom is -0.284 e. The van der Waals surface area contributed by atoms with Crippen molar-refractivity contribution in [2.75, 3.05) is 10.5 Å². The van der Waals surface area contributed by atoms with Crippen LogP contribution in [-0.2, 0) is 10.0 Å². The lowest BCUT2D eigenvalue weighted by atomic mass is 10.1. The summed E-state index contributed by atoms with van der Waals surface area (Å²) in [6.45, 7) is 5.72. The van der Waals surface area contributed by atoms with Crippen LogP contribution in [0.5, 0.6) is 0 Å². The molecule has 1 aromatic carbocycles. The van der Waals surface area contributed by atoms with Crippen LogP contribution in [0.4, 0.5) is 5.69 Å². The third kappa shape index (κ3) is 3.49. The van der Waals surface area contributed by atoms with Crippen LogP contribution in [0.25, 0.3) is 0 Å². The molecule has 0 radical (unpaired) electrons. The Morgan fingerprint density at radius 3 is 2.19 bits per heavy atom. The van der Waals surface area contributed by atoms with Crippen molar-refractivity contribution in [1.29, 1.82) is 0 Å². The summed E-state index contributed by atoms with van der Waals surface area (Å²) in [5.41, 5.74) is 2.68. The van der Waals surface area contributed by atoms with Gasteiger partial charge in [0.1, 0.15) is 0 Å². The molecule has 5 heteroatoms. The van der Waals surface area contributed by atoms with E-state index in [0.29, 0.717) is 12.1 Å². The van der Waals surface area contributed by atoms with Crippen molar-refractivity contribution in [3.8, 4) is 0 Å². The monoisotopic (exact) mass is 305 g/mol. The summed E-state index contributed by atoms with van der Waals surface area (Å²) >= 11 is 3.45. The number of hydrogen-bond acceptors (Lipinski definition) is 2. The van der Waals surface area contributed by atoms with E-state index >= 15 is 0 Å². The van der Waals surface area contributed by atoms with Gasteiger partial charge in [0.2, 0.25) is 10.0 Å². The van der Waals surface area contributed by atoms with Crippen molar-refractivity contribution in [1.82, 2.24) is 0 Å². The van der Waals surface area contributed by atoms with E-state index in [1.807, 2.05) is 32.9 Å². The van der Waals surface area contributed by atoms with Crippen LogP contribution in [0.1, 0.15) is 24.5 Å². The van der Waals surface area contributed by atoms with Crippen molar-refractivity contribution in [2.24, 2.45) is 0 Å². The Hall–Kier alpha value is -0.550. The predicted molar refractivity (Wildman–Crippen MR) is 71.3 cm³/mol. The highest BCUT2D eigenvalue weighted by atomic mass is 79.9. The summed E-state index contributed by atoms with van der Waals surface area (Å²) in [4.78, 5) is 0. The molecule has 0 aliphatic carbocycles. The van der Waals surface area contributed by atoms with Gasteiger partial charge in [-0.25, -0.2) is 8.42 Å². The molecule has 0 saturated carbocycles. The lowest BCUT2D eigenvalue weighted by molar-refractivity contribution is 0.600. The van der Waals surface area contributed by atoms with E-state index in [0.717, 1.165) is 15.6 Å². The van der Waals surface area contributed by atoms with Gasteiger partial charge in [-0.1, -0.05) is 22.9 Å². The minimum atomic E-state index is -3.20. The smallest absolute Gasteiger partial charge is 0.232 e. The molecule has 0 unspecified atom stereocenters. The first-order valence-corrected chi connectivity index (χ1v) is 7.57. The molecule has 1 aromatic rings. The van der Waals surface area contributed by atoms with E-state index in [-0.39, 0.29) is 5.75 Å². The molecule has 0 heterocycles. The molecule has 0 saturated heterocycles. The van der Waals surface area contributed by atoms with Crippen LogP contribution >= 0.6 is 15.9 Å². The van der Waals surface area contributed by atoms with Gasteiger partial charge in [0.15, 0.2) is 0 Å². The van der Waals surface area contributed by atoms with E-state index in [4.69, 9.17) is 0 Å². The molecular weight excluding hydrogens is 290 g/mol. The summed E-state index contributed by atoms with van der Waals surface area (Å²) in [5, 5.41) is 0. The Morgan fingerprint density at radius 1 is 1.25 bits per heavy atom. The average Bonchev–Trinajstić information content (AvgIpc) is 2.13. The molecule has 0 atom stereocenters. The van der Waals surface area contributed by atoms with Crippen molar-refractivity contribution in [2.45, 2.75) is 27.2 Å². The molecular formula is C11H16BrNO2S. The summed E-state index contributed by atoms with van der Waals surface area (Å²) in [6, 6.07) is 3.65. The summed E-state index contributed by atoms with van der Waals surface area (Å²) in [6.07, 6.45) is 0.615. The largest absolute Gasteiger partial charge is 0.284 e. The van der Waals surface area contributed by atoms with Gasteiger partial charge in [0, 0.05) is 10.2 Å². The zero-order chi connectivity index (χ0) is 12.3. The number of nitrogens with one attached hydrogen (secondary N) is 1. The Bertz CT molecular complexity index is 460. The van der Waals surface area contributed by atoms with Gasteiger partial charge in [-0.05, 0) is 43.5 Å². The zero-order valence-corrected chi connectivity index (χ0v) is 12.1. The Kier molecular flexibility index (Phi) is 4.38.